The Labute approximate surface area is 150 Å². The minimum Gasteiger partial charge on any atom is -0.344 e. The fraction of sp³-hybridized carbons (Fsp3) is 0.318. The molecule has 0 spiro atoms. The summed E-state index contributed by atoms with van der Waals surface area (Å²) >= 11 is 0. The lowest BCUT2D eigenvalue weighted by Gasteiger charge is -2.37. The minimum absolute atomic E-state index is 0.576. The molecule has 25 heavy (non-hydrogen) atoms. The fourth-order valence-electron chi connectivity index (χ4n) is 5.29. The summed E-state index contributed by atoms with van der Waals surface area (Å²) in [5.74, 6) is 0. The van der Waals surface area contributed by atoms with Crippen LogP contribution in [0.1, 0.15) is 33.3 Å². The van der Waals surface area contributed by atoms with Crippen LogP contribution in [-0.2, 0) is 7.05 Å². The number of hydrogen-bond acceptors (Lipinski definition) is 1. The van der Waals surface area contributed by atoms with Crippen molar-refractivity contribution in [2.75, 3.05) is 0 Å². The third-order valence-electron chi connectivity index (χ3n) is 6.19. The van der Waals surface area contributed by atoms with Gasteiger partial charge in [0.25, 0.3) is 0 Å². The van der Waals surface area contributed by atoms with E-state index in [-0.39, 0.29) is 0 Å². The van der Waals surface area contributed by atoms with Gasteiger partial charge in [-0.15, -0.1) is 0 Å². The van der Waals surface area contributed by atoms with E-state index in [1.165, 1.54) is 27.3 Å². The second-order valence-electron chi connectivity index (χ2n) is 7.85. The summed E-state index contributed by atoms with van der Waals surface area (Å²) in [5, 5.41) is 13.9. The fourth-order valence-corrected chi connectivity index (χ4v) is 11.7. The number of aromatic nitrogens is 1. The van der Waals surface area contributed by atoms with E-state index in [1.54, 1.807) is 5.19 Å². The Bertz CT molecular complexity index is 1030. The second-order valence-corrected chi connectivity index (χ2v) is 12.9. The van der Waals surface area contributed by atoms with Gasteiger partial charge in [0.1, 0.15) is 8.07 Å². The molecule has 1 aliphatic heterocycles. The molecule has 3 heteroatoms. The first-order valence-corrected chi connectivity index (χ1v) is 11.2. The van der Waals surface area contributed by atoms with Crippen molar-refractivity contribution < 1.29 is 0 Å². The highest BCUT2D eigenvalue weighted by molar-refractivity contribution is 7.08. The third kappa shape index (κ3) is 1.83. The maximum atomic E-state index is 9.47. The minimum atomic E-state index is -1.99. The van der Waals surface area contributed by atoms with Gasteiger partial charge >= 0.3 is 0 Å². The number of fused-ring (bicyclic) bond motifs is 5. The summed E-state index contributed by atoms with van der Waals surface area (Å²) in [4.78, 5) is 0. The Balaban J connectivity index is 2.25. The molecule has 3 aromatic rings. The molecule has 0 bridgehead atoms. The van der Waals surface area contributed by atoms with Crippen LogP contribution >= 0.6 is 0 Å². The van der Waals surface area contributed by atoms with Crippen LogP contribution in [0.25, 0.3) is 22.2 Å². The summed E-state index contributed by atoms with van der Waals surface area (Å²) in [6.45, 7) is 9.52. The molecule has 0 N–H and O–H groups in total. The largest absolute Gasteiger partial charge is 0.344 e. The van der Waals surface area contributed by atoms with Crippen LogP contribution in [0, 0.1) is 11.3 Å². The Morgan fingerprint density at radius 3 is 2.32 bits per heavy atom. The Kier molecular flexibility index (Phi) is 3.45. The predicted molar refractivity (Wildman–Crippen MR) is 108 cm³/mol. The molecular formula is C22H24N2Si. The van der Waals surface area contributed by atoms with Crippen molar-refractivity contribution in [2.24, 2.45) is 7.05 Å². The van der Waals surface area contributed by atoms with Gasteiger partial charge in [-0.05, 0) is 50.6 Å². The normalized spacial score (nSPS) is 14.8. The molecular weight excluding hydrogens is 320 g/mol. The lowest BCUT2D eigenvalue weighted by atomic mass is 10.1. The van der Waals surface area contributed by atoms with Gasteiger partial charge in [0.05, 0.1) is 11.6 Å². The first kappa shape index (κ1) is 16.2. The molecule has 2 aromatic carbocycles. The van der Waals surface area contributed by atoms with Crippen LogP contribution in [0.2, 0.25) is 11.1 Å². The van der Waals surface area contributed by atoms with Crippen LogP contribution < -0.4 is 10.4 Å². The van der Waals surface area contributed by atoms with Crippen LogP contribution in [0.15, 0.2) is 42.5 Å². The number of nitriles is 1. The topological polar surface area (TPSA) is 28.7 Å². The molecule has 0 aliphatic carbocycles. The number of aryl methyl sites for hydroxylation is 1. The maximum absolute atomic E-state index is 9.47. The zero-order valence-corrected chi connectivity index (χ0v) is 16.6. The van der Waals surface area contributed by atoms with Crippen molar-refractivity contribution >= 4 is 29.4 Å². The number of rotatable bonds is 2. The van der Waals surface area contributed by atoms with Crippen molar-refractivity contribution in [1.29, 1.82) is 5.26 Å². The molecule has 0 radical (unpaired) electrons. The van der Waals surface area contributed by atoms with E-state index in [1.807, 2.05) is 6.07 Å². The van der Waals surface area contributed by atoms with Gasteiger partial charge in [0.15, 0.2) is 0 Å². The van der Waals surface area contributed by atoms with E-state index < -0.39 is 8.07 Å². The number of para-hydroxylation sites is 1. The molecule has 1 aromatic heterocycles. The first-order chi connectivity index (χ1) is 11.9. The smallest absolute Gasteiger partial charge is 0.127 e. The van der Waals surface area contributed by atoms with Gasteiger partial charge in [0, 0.05) is 18.3 Å². The zero-order valence-electron chi connectivity index (χ0n) is 15.6. The van der Waals surface area contributed by atoms with Crippen LogP contribution in [0.5, 0.6) is 0 Å². The molecule has 0 unspecified atom stereocenters. The average Bonchev–Trinajstić information content (AvgIpc) is 3.06. The molecule has 2 heterocycles. The SMILES string of the molecule is CC(C)[Si]1(C(C)C)c2cc(C#N)ccc2-c2c1c1ccccc1n2C. The van der Waals surface area contributed by atoms with Gasteiger partial charge in [-0.1, -0.05) is 52.0 Å². The third-order valence-corrected chi connectivity index (χ3v) is 12.5. The van der Waals surface area contributed by atoms with E-state index >= 15 is 0 Å². The van der Waals surface area contributed by atoms with Crippen LogP contribution in [0.4, 0.5) is 0 Å². The second kappa shape index (κ2) is 5.34. The van der Waals surface area contributed by atoms with Gasteiger partial charge in [-0.3, -0.25) is 0 Å². The Hall–Kier alpha value is -2.31. The van der Waals surface area contributed by atoms with Gasteiger partial charge in [-0.25, -0.2) is 0 Å². The maximum Gasteiger partial charge on any atom is 0.127 e. The van der Waals surface area contributed by atoms with Gasteiger partial charge < -0.3 is 4.57 Å². The predicted octanol–water partition coefficient (Wildman–Crippen LogP) is 4.41. The highest BCUT2D eigenvalue weighted by Gasteiger charge is 2.52. The molecule has 2 nitrogen and oxygen atoms in total. The zero-order chi connectivity index (χ0) is 17.9. The summed E-state index contributed by atoms with van der Waals surface area (Å²) in [6.07, 6.45) is 0. The number of hydrogen-bond donors (Lipinski definition) is 0. The lowest BCUT2D eigenvalue weighted by Crippen LogP contribution is -2.60. The molecule has 0 saturated carbocycles. The Morgan fingerprint density at radius 1 is 1.00 bits per heavy atom. The standard InChI is InChI=1S/C22H24N2Si/c1-14(2)25(15(3)4)20-12-16(13-23)10-11-18(20)21-22(25)17-8-6-7-9-19(17)24(21)5/h6-12,14-15H,1-5H3. The van der Waals surface area contributed by atoms with Gasteiger partial charge in [-0.2, -0.15) is 5.26 Å². The number of benzene rings is 2. The highest BCUT2D eigenvalue weighted by atomic mass is 28.3. The van der Waals surface area contributed by atoms with Crippen molar-refractivity contribution in [3.8, 4) is 17.3 Å². The molecule has 0 atom stereocenters. The Morgan fingerprint density at radius 2 is 1.68 bits per heavy atom. The molecule has 0 amide bonds. The van der Waals surface area contributed by atoms with E-state index in [9.17, 15) is 5.26 Å². The molecule has 0 saturated heterocycles. The van der Waals surface area contributed by atoms with E-state index in [4.69, 9.17) is 0 Å². The quantitative estimate of drug-likeness (QED) is 0.633. The van der Waals surface area contributed by atoms with Crippen molar-refractivity contribution in [1.82, 2.24) is 4.57 Å². The molecule has 4 rings (SSSR count). The molecule has 126 valence electrons. The number of nitrogens with zero attached hydrogens (tertiary/aromatic N) is 2. The summed E-state index contributed by atoms with van der Waals surface area (Å²) < 4.78 is 2.37. The van der Waals surface area contributed by atoms with Crippen molar-refractivity contribution in [2.45, 2.75) is 38.8 Å². The summed E-state index contributed by atoms with van der Waals surface area (Å²) in [5.41, 5.74) is 5.99. The first-order valence-electron chi connectivity index (χ1n) is 9.07. The van der Waals surface area contributed by atoms with E-state index in [0.29, 0.717) is 11.1 Å². The van der Waals surface area contributed by atoms with E-state index in [2.05, 4.69) is 81.8 Å². The summed E-state index contributed by atoms with van der Waals surface area (Å²) in [7, 11) is 0.197. The van der Waals surface area contributed by atoms with Crippen molar-refractivity contribution in [3.05, 3.63) is 48.0 Å². The van der Waals surface area contributed by atoms with E-state index in [0.717, 1.165) is 5.56 Å². The van der Waals surface area contributed by atoms with Crippen LogP contribution in [-0.4, -0.2) is 12.6 Å². The highest BCUT2D eigenvalue weighted by Crippen LogP contribution is 2.44. The molecule has 0 fully saturated rings. The average molecular weight is 345 g/mol. The summed E-state index contributed by atoms with van der Waals surface area (Å²) in [6, 6.07) is 17.5. The van der Waals surface area contributed by atoms with Crippen LogP contribution in [0.3, 0.4) is 0 Å². The van der Waals surface area contributed by atoms with Crippen molar-refractivity contribution in [3.63, 3.8) is 0 Å². The molecule has 1 aliphatic rings. The monoisotopic (exact) mass is 344 g/mol. The lowest BCUT2D eigenvalue weighted by molar-refractivity contribution is 0.930. The van der Waals surface area contributed by atoms with Gasteiger partial charge in [0.2, 0.25) is 0 Å².